The van der Waals surface area contributed by atoms with Gasteiger partial charge in [0.1, 0.15) is 11.3 Å². The van der Waals surface area contributed by atoms with Crippen LogP contribution in [-0.2, 0) is 19.2 Å². The molecule has 1 saturated heterocycles. The van der Waals surface area contributed by atoms with Gasteiger partial charge in [-0.2, -0.15) is 52.7 Å². The lowest BCUT2D eigenvalue weighted by Crippen LogP contribution is -2.30. The second-order valence-electron chi connectivity index (χ2n) is 10.1. The summed E-state index contributed by atoms with van der Waals surface area (Å²) in [6.45, 7) is 2.31. The SMILES string of the molecule is CN1CCCC(c2ccc(-c3nc4c(C(N)=O)cccc4[nH]3)cc2)C1.O=C(O)C(F)(F)F.O=C(O)C(F)(F)F.O=C(O)C(F)(F)F.O=C(O)C(F)(F)F. The van der Waals surface area contributed by atoms with E-state index in [4.69, 9.17) is 45.3 Å². The molecule has 1 unspecified atom stereocenters. The topological polar surface area (TPSA) is 224 Å². The molecule has 1 aromatic heterocycles. The molecule has 296 valence electrons. The van der Waals surface area contributed by atoms with Crippen LogP contribution in [0.15, 0.2) is 42.5 Å². The first kappa shape index (κ1) is 47.4. The van der Waals surface area contributed by atoms with Crippen LogP contribution in [0.2, 0.25) is 0 Å². The number of aliphatic carboxylic acids is 4. The lowest BCUT2D eigenvalue weighted by Gasteiger charge is -2.30. The van der Waals surface area contributed by atoms with Gasteiger partial charge in [-0.25, -0.2) is 24.2 Å². The number of nitrogens with one attached hydrogen (secondary N) is 1. The van der Waals surface area contributed by atoms with Crippen LogP contribution < -0.4 is 5.73 Å². The largest absolute Gasteiger partial charge is 0.490 e. The fourth-order valence-electron chi connectivity index (χ4n) is 3.72. The second-order valence-corrected chi connectivity index (χ2v) is 10.1. The highest BCUT2D eigenvalue weighted by atomic mass is 19.4. The summed E-state index contributed by atoms with van der Waals surface area (Å²) in [5.41, 5.74) is 9.73. The Bertz CT molecular complexity index is 1610. The van der Waals surface area contributed by atoms with E-state index in [0.717, 1.165) is 23.4 Å². The Hall–Kier alpha value is -5.62. The van der Waals surface area contributed by atoms with Crippen molar-refractivity contribution < 1.29 is 97.1 Å². The summed E-state index contributed by atoms with van der Waals surface area (Å²) in [6, 6.07) is 14.0. The van der Waals surface area contributed by atoms with E-state index in [9.17, 15) is 57.5 Å². The third kappa shape index (κ3) is 17.4. The number of primary amides is 1. The maximum Gasteiger partial charge on any atom is 0.490 e. The predicted octanol–water partition coefficient (Wildman–Crippen LogP) is 5.67. The highest BCUT2D eigenvalue weighted by molar-refractivity contribution is 6.04. The Morgan fingerprint density at radius 1 is 0.717 bits per heavy atom. The predicted molar refractivity (Wildman–Crippen MR) is 154 cm³/mol. The summed E-state index contributed by atoms with van der Waals surface area (Å²) in [5, 5.41) is 28.5. The van der Waals surface area contributed by atoms with Gasteiger partial charge in [0.15, 0.2) is 0 Å². The number of piperidine rings is 1. The molecule has 1 amide bonds. The van der Waals surface area contributed by atoms with Crippen LogP contribution in [0.25, 0.3) is 22.4 Å². The monoisotopic (exact) mass is 790 g/mol. The van der Waals surface area contributed by atoms with Crippen molar-refractivity contribution >= 4 is 40.8 Å². The molecule has 0 saturated carbocycles. The van der Waals surface area contributed by atoms with Gasteiger partial charge in [0.25, 0.3) is 5.91 Å². The average Bonchev–Trinajstić information content (AvgIpc) is 3.45. The Labute approximate surface area is 287 Å². The van der Waals surface area contributed by atoms with E-state index in [1.54, 1.807) is 6.07 Å². The zero-order chi connectivity index (χ0) is 41.7. The van der Waals surface area contributed by atoms with Gasteiger partial charge >= 0.3 is 48.6 Å². The van der Waals surface area contributed by atoms with Gasteiger partial charge in [-0.05, 0) is 50.0 Å². The molecule has 4 rings (SSSR count). The Morgan fingerprint density at radius 2 is 1.11 bits per heavy atom. The normalized spacial score (nSPS) is 14.7. The standard InChI is InChI=1S/C20H22N4O.4C2HF3O2/c1-24-11-3-4-15(12-24)13-7-9-14(10-8-13)20-22-17-6-2-5-16(19(21)25)18(17)23-20;4*3-2(4,5)1(6)7/h2,5-10,15H,3-4,11-12H2,1H3,(H2,21,25)(H,22,23);4*(H,6,7). The van der Waals surface area contributed by atoms with Crippen molar-refractivity contribution in [3.8, 4) is 11.4 Å². The number of aromatic nitrogens is 2. The molecule has 0 bridgehead atoms. The quantitative estimate of drug-likeness (QED) is 0.177. The summed E-state index contributed by atoms with van der Waals surface area (Å²) in [4.78, 5) is 57.4. The third-order valence-electron chi connectivity index (χ3n) is 6.03. The van der Waals surface area contributed by atoms with Crippen molar-refractivity contribution in [3.63, 3.8) is 0 Å². The average molecular weight is 791 g/mol. The first-order valence-corrected chi connectivity index (χ1v) is 13.7. The van der Waals surface area contributed by atoms with Crippen molar-refractivity contribution in [2.24, 2.45) is 5.73 Å². The number of rotatable bonds is 3. The summed E-state index contributed by atoms with van der Waals surface area (Å²) in [6.07, 6.45) is -17.8. The number of carboxylic acid groups (broad SMARTS) is 4. The van der Waals surface area contributed by atoms with Crippen LogP contribution in [0.1, 0.15) is 34.7 Å². The molecule has 7 N–H and O–H groups in total. The number of likely N-dealkylation sites (N-methyl/N-ethyl adjacent to an activating group) is 1. The number of H-pyrrole nitrogens is 1. The van der Waals surface area contributed by atoms with E-state index in [1.165, 1.54) is 24.9 Å². The number of aromatic amines is 1. The summed E-state index contributed by atoms with van der Waals surface area (Å²) in [7, 11) is 2.19. The fourth-order valence-corrected chi connectivity index (χ4v) is 3.72. The fraction of sp³-hybridized carbons (Fsp3) is 0.357. The lowest BCUT2D eigenvalue weighted by molar-refractivity contribution is -0.193. The highest BCUT2D eigenvalue weighted by Crippen LogP contribution is 2.29. The highest BCUT2D eigenvalue weighted by Gasteiger charge is 2.40. The van der Waals surface area contributed by atoms with E-state index in [1.807, 2.05) is 12.1 Å². The van der Waals surface area contributed by atoms with E-state index in [2.05, 4.69) is 46.2 Å². The van der Waals surface area contributed by atoms with E-state index < -0.39 is 54.5 Å². The molecule has 0 aliphatic carbocycles. The number of para-hydroxylation sites is 1. The molecule has 1 aliphatic rings. The number of carbonyl (C=O) groups is 5. The van der Waals surface area contributed by atoms with Crippen molar-refractivity contribution in [2.45, 2.75) is 43.5 Å². The number of hydrogen-bond acceptors (Lipinski definition) is 7. The molecule has 0 spiro atoms. The molecule has 1 fully saturated rings. The van der Waals surface area contributed by atoms with Crippen molar-refractivity contribution in [2.75, 3.05) is 20.1 Å². The Balaban J connectivity index is 0.000000791. The summed E-state index contributed by atoms with van der Waals surface area (Å²) in [5.74, 6) is -10.1. The Morgan fingerprint density at radius 3 is 1.45 bits per heavy atom. The number of fused-ring (bicyclic) bond motifs is 1. The molecule has 13 nitrogen and oxygen atoms in total. The van der Waals surface area contributed by atoms with Gasteiger partial charge < -0.3 is 36.0 Å². The first-order chi connectivity index (χ1) is 23.9. The lowest BCUT2D eigenvalue weighted by atomic mass is 9.90. The molecule has 2 aromatic carbocycles. The van der Waals surface area contributed by atoms with Crippen molar-refractivity contribution in [3.05, 3.63) is 53.6 Å². The van der Waals surface area contributed by atoms with Gasteiger partial charge in [-0.3, -0.25) is 4.79 Å². The molecule has 1 atom stereocenters. The number of imidazole rings is 1. The molecular formula is C28H26F12N4O9. The number of hydrogen-bond donors (Lipinski definition) is 6. The molecule has 3 aromatic rings. The number of likely N-dealkylation sites (tertiary alicyclic amines) is 1. The minimum absolute atomic E-state index is 0.446. The van der Waals surface area contributed by atoms with Crippen molar-refractivity contribution in [1.29, 1.82) is 0 Å². The van der Waals surface area contributed by atoms with Gasteiger partial charge in [0.2, 0.25) is 0 Å². The first-order valence-electron chi connectivity index (χ1n) is 13.7. The van der Waals surface area contributed by atoms with Gasteiger partial charge in [0, 0.05) is 12.1 Å². The van der Waals surface area contributed by atoms with Crippen LogP contribution >= 0.6 is 0 Å². The summed E-state index contributed by atoms with van der Waals surface area (Å²) >= 11 is 0. The smallest absolute Gasteiger partial charge is 0.475 e. The molecule has 0 radical (unpaired) electrons. The molecule has 25 heteroatoms. The number of carbonyl (C=O) groups excluding carboxylic acids is 1. The zero-order valence-electron chi connectivity index (χ0n) is 26.3. The zero-order valence-corrected chi connectivity index (χ0v) is 26.3. The van der Waals surface area contributed by atoms with E-state index in [0.29, 0.717) is 17.0 Å². The third-order valence-corrected chi connectivity index (χ3v) is 6.03. The number of alkyl halides is 12. The maximum atomic E-state index is 11.6. The molecular weight excluding hydrogens is 764 g/mol. The molecule has 53 heavy (non-hydrogen) atoms. The van der Waals surface area contributed by atoms with Gasteiger partial charge in [0.05, 0.1) is 11.1 Å². The second kappa shape index (κ2) is 19.3. The van der Waals surface area contributed by atoms with Crippen LogP contribution in [0, 0.1) is 0 Å². The van der Waals surface area contributed by atoms with Crippen molar-refractivity contribution in [1.82, 2.24) is 14.9 Å². The number of nitrogens with zero attached hydrogens (tertiary/aromatic N) is 2. The Kier molecular flexibility index (Phi) is 17.2. The van der Waals surface area contributed by atoms with Crippen LogP contribution in [0.4, 0.5) is 52.7 Å². The van der Waals surface area contributed by atoms with Gasteiger partial charge in [-0.1, -0.05) is 30.3 Å². The minimum atomic E-state index is -5.08. The van der Waals surface area contributed by atoms with Crippen LogP contribution in [0.3, 0.4) is 0 Å². The van der Waals surface area contributed by atoms with E-state index in [-0.39, 0.29) is 0 Å². The molecule has 2 heterocycles. The number of carboxylic acids is 4. The van der Waals surface area contributed by atoms with E-state index >= 15 is 0 Å². The molecule has 1 aliphatic heterocycles. The van der Waals surface area contributed by atoms with Crippen LogP contribution in [-0.4, -0.2) is 110 Å². The van der Waals surface area contributed by atoms with Gasteiger partial charge in [-0.15, -0.1) is 0 Å². The number of benzene rings is 2. The summed E-state index contributed by atoms with van der Waals surface area (Å²) < 4.78 is 127. The number of amides is 1. The number of nitrogens with two attached hydrogens (primary N) is 1. The van der Waals surface area contributed by atoms with Crippen LogP contribution in [0.5, 0.6) is 0 Å². The minimum Gasteiger partial charge on any atom is -0.475 e. The number of halogens is 12. The maximum absolute atomic E-state index is 11.6.